The first-order valence-electron chi connectivity index (χ1n) is 4.89. The Balaban J connectivity index is 2.26. The van der Waals surface area contributed by atoms with E-state index >= 15 is 0 Å². The predicted octanol–water partition coefficient (Wildman–Crippen LogP) is 2.89. The lowest BCUT2D eigenvalue weighted by molar-refractivity contribution is 0.0520. The van der Waals surface area contributed by atoms with Crippen molar-refractivity contribution in [1.82, 2.24) is 4.98 Å². The van der Waals surface area contributed by atoms with E-state index in [0.29, 0.717) is 12.3 Å². The van der Waals surface area contributed by atoms with Gasteiger partial charge in [0.2, 0.25) is 0 Å². The van der Waals surface area contributed by atoms with Crippen LogP contribution in [0.3, 0.4) is 0 Å². The molecule has 0 N–H and O–H groups in total. The first kappa shape index (κ1) is 10.9. The zero-order chi connectivity index (χ0) is 11.5. The monoisotopic (exact) mass is 237 g/mol. The van der Waals surface area contributed by atoms with Gasteiger partial charge in [-0.1, -0.05) is 0 Å². The molecule has 0 amide bonds. The molecule has 0 saturated carbocycles. The van der Waals surface area contributed by atoms with Gasteiger partial charge in [-0.25, -0.2) is 9.78 Å². The molecule has 2 heterocycles. The zero-order valence-corrected chi connectivity index (χ0v) is 9.84. The second kappa shape index (κ2) is 4.49. The average Bonchev–Trinajstić information content (AvgIpc) is 2.86. The van der Waals surface area contributed by atoms with Crippen molar-refractivity contribution in [3.63, 3.8) is 0 Å². The van der Waals surface area contributed by atoms with Crippen LogP contribution in [0.25, 0.3) is 10.6 Å². The van der Waals surface area contributed by atoms with Crippen molar-refractivity contribution in [2.24, 2.45) is 0 Å². The molecular weight excluding hydrogens is 226 g/mol. The minimum atomic E-state index is -0.383. The van der Waals surface area contributed by atoms with Crippen molar-refractivity contribution in [2.75, 3.05) is 6.61 Å². The number of hydrogen-bond donors (Lipinski definition) is 0. The van der Waals surface area contributed by atoms with E-state index < -0.39 is 0 Å². The molecule has 2 aromatic heterocycles. The third-order valence-electron chi connectivity index (χ3n) is 2.08. The van der Waals surface area contributed by atoms with Gasteiger partial charge in [0.15, 0.2) is 5.69 Å². The molecule has 0 aliphatic carbocycles. The van der Waals surface area contributed by atoms with E-state index in [2.05, 4.69) is 4.98 Å². The second-order valence-corrected chi connectivity index (χ2v) is 4.01. The zero-order valence-electron chi connectivity index (χ0n) is 9.02. The molecule has 0 fully saturated rings. The highest BCUT2D eigenvalue weighted by Gasteiger charge is 2.14. The van der Waals surface area contributed by atoms with Crippen LogP contribution in [-0.4, -0.2) is 17.6 Å². The van der Waals surface area contributed by atoms with Crippen molar-refractivity contribution in [3.05, 3.63) is 29.2 Å². The molecule has 2 rings (SSSR count). The van der Waals surface area contributed by atoms with Crippen LogP contribution in [0, 0.1) is 6.92 Å². The third kappa shape index (κ3) is 1.99. The number of furan rings is 1. The summed E-state index contributed by atoms with van der Waals surface area (Å²) in [5.41, 5.74) is 1.27. The van der Waals surface area contributed by atoms with Gasteiger partial charge < -0.3 is 9.15 Å². The fourth-order valence-electron chi connectivity index (χ4n) is 1.30. The number of carbonyl (C=O) groups excluding carboxylic acids is 1. The molecule has 0 aliphatic rings. The van der Waals surface area contributed by atoms with E-state index in [-0.39, 0.29) is 5.97 Å². The van der Waals surface area contributed by atoms with Gasteiger partial charge >= 0.3 is 5.97 Å². The Kier molecular flexibility index (Phi) is 3.05. The molecule has 84 valence electrons. The fraction of sp³-hybridized carbons (Fsp3) is 0.273. The highest BCUT2D eigenvalue weighted by atomic mass is 32.1. The smallest absolute Gasteiger partial charge is 0.357 e. The number of aryl methyl sites for hydroxylation is 1. The van der Waals surface area contributed by atoms with Crippen LogP contribution < -0.4 is 0 Å². The van der Waals surface area contributed by atoms with Gasteiger partial charge in [-0.3, -0.25) is 0 Å². The van der Waals surface area contributed by atoms with Gasteiger partial charge in [-0.15, -0.1) is 11.3 Å². The number of ether oxygens (including phenoxy) is 1. The summed E-state index contributed by atoms with van der Waals surface area (Å²) in [5.74, 6) is 0.413. The Morgan fingerprint density at radius 3 is 3.06 bits per heavy atom. The first-order valence-corrected chi connectivity index (χ1v) is 5.77. The number of carbonyl (C=O) groups is 1. The summed E-state index contributed by atoms with van der Waals surface area (Å²) in [4.78, 5) is 15.6. The summed E-state index contributed by atoms with van der Waals surface area (Å²) in [6.07, 6.45) is 1.61. The lowest BCUT2D eigenvalue weighted by Crippen LogP contribution is -2.04. The predicted molar refractivity (Wildman–Crippen MR) is 60.5 cm³/mol. The van der Waals surface area contributed by atoms with E-state index in [1.807, 2.05) is 13.0 Å². The normalized spacial score (nSPS) is 10.4. The number of aromatic nitrogens is 1. The summed E-state index contributed by atoms with van der Waals surface area (Å²) in [6.45, 7) is 3.99. The van der Waals surface area contributed by atoms with Gasteiger partial charge in [-0.2, -0.15) is 0 Å². The topological polar surface area (TPSA) is 52.3 Å². The highest BCUT2D eigenvalue weighted by Crippen LogP contribution is 2.27. The molecule has 0 aromatic carbocycles. The highest BCUT2D eigenvalue weighted by molar-refractivity contribution is 7.13. The molecule has 0 spiro atoms. The molecule has 0 aliphatic heterocycles. The Hall–Kier alpha value is -1.62. The van der Waals surface area contributed by atoms with Crippen molar-refractivity contribution >= 4 is 17.3 Å². The number of thiazole rings is 1. The number of rotatable bonds is 3. The van der Waals surface area contributed by atoms with Crippen molar-refractivity contribution < 1.29 is 13.9 Å². The maximum absolute atomic E-state index is 11.4. The standard InChI is InChI=1S/C11H11NO3S/c1-3-14-11(13)9-6-16-10(12-9)8-4-5-15-7(8)2/h4-6H,3H2,1-2H3. The van der Waals surface area contributed by atoms with Gasteiger partial charge in [-0.05, 0) is 19.9 Å². The Morgan fingerprint density at radius 2 is 2.44 bits per heavy atom. The van der Waals surface area contributed by atoms with Gasteiger partial charge in [0.1, 0.15) is 10.8 Å². The summed E-state index contributed by atoms with van der Waals surface area (Å²) < 4.78 is 10.1. The maximum Gasteiger partial charge on any atom is 0.357 e. The lowest BCUT2D eigenvalue weighted by atomic mass is 10.3. The summed E-state index contributed by atoms with van der Waals surface area (Å²) >= 11 is 1.40. The quantitative estimate of drug-likeness (QED) is 0.770. The lowest BCUT2D eigenvalue weighted by Gasteiger charge is -1.96. The van der Waals surface area contributed by atoms with Crippen LogP contribution in [0.15, 0.2) is 22.1 Å². The van der Waals surface area contributed by atoms with Crippen LogP contribution in [0.2, 0.25) is 0 Å². The average molecular weight is 237 g/mol. The fourth-order valence-corrected chi connectivity index (χ4v) is 2.17. The van der Waals surface area contributed by atoms with Crippen molar-refractivity contribution in [2.45, 2.75) is 13.8 Å². The Labute approximate surface area is 96.9 Å². The van der Waals surface area contributed by atoms with E-state index in [1.165, 1.54) is 11.3 Å². The van der Waals surface area contributed by atoms with Crippen LogP contribution >= 0.6 is 11.3 Å². The summed E-state index contributed by atoms with van der Waals surface area (Å²) in [5, 5.41) is 2.47. The maximum atomic E-state index is 11.4. The number of hydrogen-bond acceptors (Lipinski definition) is 5. The Morgan fingerprint density at radius 1 is 1.62 bits per heavy atom. The molecule has 2 aromatic rings. The molecule has 0 atom stereocenters. The van der Waals surface area contributed by atoms with Crippen molar-refractivity contribution in [1.29, 1.82) is 0 Å². The van der Waals surface area contributed by atoms with E-state index in [4.69, 9.17) is 9.15 Å². The van der Waals surface area contributed by atoms with Crippen LogP contribution in [0.5, 0.6) is 0 Å². The minimum absolute atomic E-state index is 0.349. The van der Waals surface area contributed by atoms with Crippen LogP contribution in [0.1, 0.15) is 23.2 Å². The van der Waals surface area contributed by atoms with Gasteiger partial charge in [0, 0.05) is 5.38 Å². The van der Waals surface area contributed by atoms with Crippen LogP contribution in [0.4, 0.5) is 0 Å². The second-order valence-electron chi connectivity index (χ2n) is 3.15. The molecule has 0 radical (unpaired) electrons. The SMILES string of the molecule is CCOC(=O)c1csc(-c2ccoc2C)n1. The molecule has 0 unspecified atom stereocenters. The van der Waals surface area contributed by atoms with Crippen molar-refractivity contribution in [3.8, 4) is 10.6 Å². The first-order chi connectivity index (χ1) is 7.72. The third-order valence-corrected chi connectivity index (χ3v) is 2.95. The number of esters is 1. The molecule has 4 nitrogen and oxygen atoms in total. The molecule has 0 bridgehead atoms. The summed E-state index contributed by atoms with van der Waals surface area (Å²) in [7, 11) is 0. The molecule has 0 saturated heterocycles. The summed E-state index contributed by atoms with van der Waals surface area (Å²) in [6, 6.07) is 1.84. The Bertz CT molecular complexity index is 501. The minimum Gasteiger partial charge on any atom is -0.469 e. The van der Waals surface area contributed by atoms with Crippen LogP contribution in [-0.2, 0) is 4.74 Å². The molecular formula is C11H11NO3S. The van der Waals surface area contributed by atoms with E-state index in [1.54, 1.807) is 18.6 Å². The molecule has 16 heavy (non-hydrogen) atoms. The van der Waals surface area contributed by atoms with E-state index in [9.17, 15) is 4.79 Å². The van der Waals surface area contributed by atoms with Gasteiger partial charge in [0.05, 0.1) is 18.4 Å². The largest absolute Gasteiger partial charge is 0.469 e. The molecule has 5 heteroatoms. The number of nitrogens with zero attached hydrogens (tertiary/aromatic N) is 1. The van der Waals surface area contributed by atoms with Gasteiger partial charge in [0.25, 0.3) is 0 Å². The van der Waals surface area contributed by atoms with E-state index in [0.717, 1.165) is 16.3 Å².